The minimum absolute atomic E-state index is 0.633. The monoisotopic (exact) mass is 239 g/mol. The fraction of sp³-hybridized carbons (Fsp3) is 0.250. The van der Waals surface area contributed by atoms with Crippen LogP contribution in [0.15, 0.2) is 54.6 Å². The minimum atomic E-state index is -0.898. The van der Waals surface area contributed by atoms with Gasteiger partial charge in [-0.1, -0.05) is 54.6 Å². The van der Waals surface area contributed by atoms with Crippen LogP contribution in [0, 0.1) is 0 Å². The van der Waals surface area contributed by atoms with Crippen LogP contribution in [0.4, 0.5) is 0 Å². The summed E-state index contributed by atoms with van der Waals surface area (Å²) >= 11 is 0. The van der Waals surface area contributed by atoms with Gasteiger partial charge in [0.25, 0.3) is 0 Å². The average molecular weight is 239 g/mol. The van der Waals surface area contributed by atoms with Crippen LogP contribution >= 0.6 is 0 Å². The van der Waals surface area contributed by atoms with Crippen LogP contribution in [0.2, 0.25) is 0 Å². The molecule has 3 rings (SSSR count). The van der Waals surface area contributed by atoms with E-state index >= 15 is 0 Å². The molecule has 0 saturated heterocycles. The SMILES string of the molecule is CN1Cc2ccccc2[C@@](O)(c2ccccc2)C1. The van der Waals surface area contributed by atoms with Crippen LogP contribution < -0.4 is 0 Å². The molecule has 1 aliphatic rings. The lowest BCUT2D eigenvalue weighted by molar-refractivity contribution is 0.0283. The van der Waals surface area contributed by atoms with Crippen molar-refractivity contribution in [2.75, 3.05) is 13.6 Å². The summed E-state index contributed by atoms with van der Waals surface area (Å²) in [5.74, 6) is 0. The molecular formula is C16H17NO. The second-order valence-electron chi connectivity index (χ2n) is 5.06. The Morgan fingerprint density at radius 1 is 1.00 bits per heavy atom. The van der Waals surface area contributed by atoms with E-state index in [0.717, 1.165) is 17.7 Å². The van der Waals surface area contributed by atoms with Crippen molar-refractivity contribution < 1.29 is 5.11 Å². The second-order valence-corrected chi connectivity index (χ2v) is 5.06. The third kappa shape index (κ3) is 1.74. The molecule has 92 valence electrons. The van der Waals surface area contributed by atoms with Gasteiger partial charge in [-0.2, -0.15) is 0 Å². The summed E-state index contributed by atoms with van der Waals surface area (Å²) in [6, 6.07) is 18.1. The Morgan fingerprint density at radius 3 is 2.44 bits per heavy atom. The highest BCUT2D eigenvalue weighted by molar-refractivity contribution is 5.43. The minimum Gasteiger partial charge on any atom is -0.379 e. The molecule has 0 aromatic heterocycles. The summed E-state index contributed by atoms with van der Waals surface area (Å²) in [6.07, 6.45) is 0. The lowest BCUT2D eigenvalue weighted by Crippen LogP contribution is -2.44. The van der Waals surface area contributed by atoms with E-state index in [0.29, 0.717) is 6.54 Å². The molecule has 0 spiro atoms. The number of β-amino-alcohol motifs (C(OH)–C–C–N with tert-alkyl or cyclic N) is 1. The molecule has 0 bridgehead atoms. The quantitative estimate of drug-likeness (QED) is 0.826. The molecule has 2 heteroatoms. The maximum atomic E-state index is 11.1. The highest BCUT2D eigenvalue weighted by atomic mass is 16.3. The van der Waals surface area contributed by atoms with Gasteiger partial charge in [-0.15, -0.1) is 0 Å². The molecule has 1 atom stereocenters. The van der Waals surface area contributed by atoms with Gasteiger partial charge >= 0.3 is 0 Å². The summed E-state index contributed by atoms with van der Waals surface area (Å²) in [6.45, 7) is 1.53. The van der Waals surface area contributed by atoms with Crippen molar-refractivity contribution in [1.82, 2.24) is 4.90 Å². The van der Waals surface area contributed by atoms with E-state index < -0.39 is 5.60 Å². The van der Waals surface area contributed by atoms with Crippen LogP contribution in [-0.4, -0.2) is 23.6 Å². The van der Waals surface area contributed by atoms with E-state index in [-0.39, 0.29) is 0 Å². The van der Waals surface area contributed by atoms with Gasteiger partial charge in [-0.05, 0) is 23.7 Å². The lowest BCUT2D eigenvalue weighted by atomic mass is 9.80. The molecule has 18 heavy (non-hydrogen) atoms. The smallest absolute Gasteiger partial charge is 0.128 e. The Kier molecular flexibility index (Phi) is 2.69. The molecular weight excluding hydrogens is 222 g/mol. The normalized spacial score (nSPS) is 23.7. The van der Waals surface area contributed by atoms with Gasteiger partial charge < -0.3 is 5.11 Å². The predicted molar refractivity (Wildman–Crippen MR) is 72.2 cm³/mol. The summed E-state index contributed by atoms with van der Waals surface area (Å²) < 4.78 is 0. The van der Waals surface area contributed by atoms with Crippen molar-refractivity contribution in [2.24, 2.45) is 0 Å². The summed E-state index contributed by atoms with van der Waals surface area (Å²) in [4.78, 5) is 2.16. The van der Waals surface area contributed by atoms with Crippen LogP contribution in [-0.2, 0) is 12.1 Å². The maximum Gasteiger partial charge on any atom is 0.128 e. The summed E-state index contributed by atoms with van der Waals surface area (Å²) in [5, 5.41) is 11.1. The zero-order valence-electron chi connectivity index (χ0n) is 10.5. The number of rotatable bonds is 1. The number of aliphatic hydroxyl groups is 1. The number of fused-ring (bicyclic) bond motifs is 1. The van der Waals surface area contributed by atoms with E-state index in [2.05, 4.69) is 11.0 Å². The summed E-state index contributed by atoms with van der Waals surface area (Å²) in [5.41, 5.74) is 2.31. The molecule has 0 fully saturated rings. The van der Waals surface area contributed by atoms with Crippen molar-refractivity contribution in [3.05, 3.63) is 71.3 Å². The number of hydrogen-bond acceptors (Lipinski definition) is 2. The Balaban J connectivity index is 2.17. The number of likely N-dealkylation sites (N-methyl/N-ethyl adjacent to an activating group) is 1. The van der Waals surface area contributed by atoms with Gasteiger partial charge in [-0.3, -0.25) is 4.90 Å². The van der Waals surface area contributed by atoms with Crippen LogP contribution in [0.1, 0.15) is 16.7 Å². The standard InChI is InChI=1S/C16H17NO/c1-17-11-13-7-5-6-10-15(13)16(18,12-17)14-8-3-2-4-9-14/h2-10,18H,11-12H2,1H3/t16-/m0/s1. The van der Waals surface area contributed by atoms with Crippen LogP contribution in [0.5, 0.6) is 0 Å². The molecule has 2 aromatic carbocycles. The number of hydrogen-bond donors (Lipinski definition) is 1. The molecule has 1 aliphatic heterocycles. The van der Waals surface area contributed by atoms with Crippen LogP contribution in [0.25, 0.3) is 0 Å². The predicted octanol–water partition coefficient (Wildman–Crippen LogP) is 2.37. The first-order valence-electron chi connectivity index (χ1n) is 6.25. The first kappa shape index (κ1) is 11.5. The van der Waals surface area contributed by atoms with E-state index in [4.69, 9.17) is 0 Å². The lowest BCUT2D eigenvalue weighted by Gasteiger charge is -2.39. The van der Waals surface area contributed by atoms with Gasteiger partial charge in [-0.25, -0.2) is 0 Å². The fourth-order valence-electron chi connectivity index (χ4n) is 2.84. The molecule has 2 nitrogen and oxygen atoms in total. The van der Waals surface area contributed by atoms with E-state index in [9.17, 15) is 5.11 Å². The Hall–Kier alpha value is -1.64. The first-order valence-corrected chi connectivity index (χ1v) is 6.25. The first-order chi connectivity index (χ1) is 8.70. The molecule has 0 saturated carbocycles. The molecule has 2 aromatic rings. The van der Waals surface area contributed by atoms with Crippen molar-refractivity contribution in [2.45, 2.75) is 12.1 Å². The topological polar surface area (TPSA) is 23.5 Å². The van der Waals surface area contributed by atoms with Crippen molar-refractivity contribution in [1.29, 1.82) is 0 Å². The van der Waals surface area contributed by atoms with Crippen LogP contribution in [0.3, 0.4) is 0 Å². The molecule has 0 aliphatic carbocycles. The van der Waals surface area contributed by atoms with E-state index in [1.165, 1.54) is 5.56 Å². The summed E-state index contributed by atoms with van der Waals surface area (Å²) in [7, 11) is 2.05. The third-order valence-electron chi connectivity index (χ3n) is 3.65. The fourth-order valence-corrected chi connectivity index (χ4v) is 2.84. The van der Waals surface area contributed by atoms with E-state index in [1.54, 1.807) is 0 Å². The highest BCUT2D eigenvalue weighted by Gasteiger charge is 2.37. The molecule has 1 heterocycles. The van der Waals surface area contributed by atoms with Gasteiger partial charge in [0.2, 0.25) is 0 Å². The van der Waals surface area contributed by atoms with Crippen molar-refractivity contribution >= 4 is 0 Å². The van der Waals surface area contributed by atoms with Crippen molar-refractivity contribution in [3.8, 4) is 0 Å². The number of nitrogens with zero attached hydrogens (tertiary/aromatic N) is 1. The third-order valence-corrected chi connectivity index (χ3v) is 3.65. The van der Waals surface area contributed by atoms with Gasteiger partial charge in [0, 0.05) is 13.1 Å². The maximum absolute atomic E-state index is 11.1. The zero-order chi connectivity index (χ0) is 12.6. The molecule has 0 radical (unpaired) electrons. The van der Waals surface area contributed by atoms with Gasteiger partial charge in [0.15, 0.2) is 0 Å². The highest BCUT2D eigenvalue weighted by Crippen LogP contribution is 2.36. The Morgan fingerprint density at radius 2 is 1.67 bits per heavy atom. The molecule has 1 N–H and O–H groups in total. The van der Waals surface area contributed by atoms with Crippen molar-refractivity contribution in [3.63, 3.8) is 0 Å². The largest absolute Gasteiger partial charge is 0.379 e. The molecule has 0 unspecified atom stereocenters. The Labute approximate surface area is 107 Å². The van der Waals surface area contributed by atoms with E-state index in [1.807, 2.05) is 55.6 Å². The average Bonchev–Trinajstić information content (AvgIpc) is 2.39. The van der Waals surface area contributed by atoms with Gasteiger partial charge in [0.05, 0.1) is 0 Å². The second kappa shape index (κ2) is 4.23. The van der Waals surface area contributed by atoms with Gasteiger partial charge in [0.1, 0.15) is 5.60 Å². The molecule has 0 amide bonds. The Bertz CT molecular complexity index is 552. The zero-order valence-corrected chi connectivity index (χ0v) is 10.5. The number of benzene rings is 2.